The Labute approximate surface area is 202 Å². The maximum atomic E-state index is 13.5. The van der Waals surface area contributed by atoms with Crippen molar-refractivity contribution >= 4 is 35.2 Å². The molecule has 4 rings (SSSR count). The predicted molar refractivity (Wildman–Crippen MR) is 132 cm³/mol. The zero-order valence-electron chi connectivity index (χ0n) is 19.6. The molecule has 1 aromatic heterocycles. The summed E-state index contributed by atoms with van der Waals surface area (Å²) < 4.78 is 20.5. The molecular weight excluding hydrogens is 455 g/mol. The zero-order valence-corrected chi connectivity index (χ0v) is 20.3. The van der Waals surface area contributed by atoms with Gasteiger partial charge < -0.3 is 9.30 Å². The SMILES string of the molecule is COC(=O)C1=C(C)N(c2ccc(F)cc2)C(=O)/C1=C\c1cc(C)n(-c2cc(Cl)ccc2C)c1C. The molecule has 3 aromatic rings. The number of hydrogen-bond acceptors (Lipinski definition) is 3. The first-order valence-corrected chi connectivity index (χ1v) is 11.1. The Morgan fingerprint density at radius 1 is 1.03 bits per heavy atom. The quantitative estimate of drug-likeness (QED) is 0.337. The van der Waals surface area contributed by atoms with Gasteiger partial charge in [-0.1, -0.05) is 17.7 Å². The molecule has 0 saturated carbocycles. The van der Waals surface area contributed by atoms with Crippen LogP contribution in [0.3, 0.4) is 0 Å². The lowest BCUT2D eigenvalue weighted by Crippen LogP contribution is -2.24. The van der Waals surface area contributed by atoms with E-state index in [4.69, 9.17) is 16.3 Å². The number of carbonyl (C=O) groups is 2. The summed E-state index contributed by atoms with van der Waals surface area (Å²) in [5, 5.41) is 0.625. The molecule has 7 heteroatoms. The van der Waals surface area contributed by atoms with E-state index >= 15 is 0 Å². The fraction of sp³-hybridized carbons (Fsp3) is 0.185. The first kappa shape index (κ1) is 23.5. The van der Waals surface area contributed by atoms with E-state index in [9.17, 15) is 14.0 Å². The molecular formula is C27H24ClFN2O3. The van der Waals surface area contributed by atoms with Crippen LogP contribution >= 0.6 is 11.6 Å². The number of benzene rings is 2. The van der Waals surface area contributed by atoms with Gasteiger partial charge in [0.25, 0.3) is 5.91 Å². The van der Waals surface area contributed by atoms with Crippen LogP contribution in [0, 0.1) is 26.6 Å². The minimum absolute atomic E-state index is 0.181. The monoisotopic (exact) mass is 478 g/mol. The molecule has 2 heterocycles. The molecule has 1 aliphatic heterocycles. The van der Waals surface area contributed by atoms with Crippen LogP contribution in [0.1, 0.15) is 29.4 Å². The van der Waals surface area contributed by atoms with Gasteiger partial charge in [-0.15, -0.1) is 0 Å². The van der Waals surface area contributed by atoms with E-state index < -0.39 is 11.8 Å². The average Bonchev–Trinajstić information content (AvgIpc) is 3.22. The molecule has 0 saturated heterocycles. The molecule has 34 heavy (non-hydrogen) atoms. The number of rotatable bonds is 4. The van der Waals surface area contributed by atoms with Crippen molar-refractivity contribution in [1.29, 1.82) is 0 Å². The summed E-state index contributed by atoms with van der Waals surface area (Å²) in [6, 6.07) is 13.2. The molecule has 1 aliphatic rings. The summed E-state index contributed by atoms with van der Waals surface area (Å²) >= 11 is 6.25. The van der Waals surface area contributed by atoms with Crippen LogP contribution in [0.25, 0.3) is 11.8 Å². The second-order valence-corrected chi connectivity index (χ2v) is 8.66. The first-order chi connectivity index (χ1) is 16.1. The molecule has 174 valence electrons. The van der Waals surface area contributed by atoms with E-state index in [1.807, 2.05) is 45.0 Å². The van der Waals surface area contributed by atoms with Crippen LogP contribution in [-0.4, -0.2) is 23.6 Å². The summed E-state index contributed by atoms with van der Waals surface area (Å²) in [4.78, 5) is 27.6. The minimum Gasteiger partial charge on any atom is -0.465 e. The second kappa shape index (κ2) is 8.95. The number of methoxy groups -OCH3 is 1. The van der Waals surface area contributed by atoms with Gasteiger partial charge in [-0.2, -0.15) is 0 Å². The molecule has 0 spiro atoms. The number of ether oxygens (including phenoxy) is 1. The van der Waals surface area contributed by atoms with E-state index in [2.05, 4.69) is 4.57 Å². The van der Waals surface area contributed by atoms with Crippen LogP contribution in [0.15, 0.2) is 65.4 Å². The average molecular weight is 479 g/mol. The van der Waals surface area contributed by atoms with Crippen molar-refractivity contribution in [3.05, 3.63) is 98.7 Å². The number of amides is 1. The van der Waals surface area contributed by atoms with Gasteiger partial charge in [0.2, 0.25) is 0 Å². The Kier molecular flexibility index (Phi) is 6.19. The van der Waals surface area contributed by atoms with Crippen LogP contribution < -0.4 is 4.90 Å². The Bertz CT molecular complexity index is 1380. The number of aromatic nitrogens is 1. The summed E-state index contributed by atoms with van der Waals surface area (Å²) in [5.41, 5.74) is 5.92. The molecule has 1 amide bonds. The van der Waals surface area contributed by atoms with Crippen LogP contribution in [-0.2, 0) is 14.3 Å². The van der Waals surface area contributed by atoms with Gasteiger partial charge in [-0.25, -0.2) is 9.18 Å². The Morgan fingerprint density at radius 3 is 2.35 bits per heavy atom. The lowest BCUT2D eigenvalue weighted by Gasteiger charge is -2.17. The zero-order chi connectivity index (χ0) is 24.7. The third kappa shape index (κ3) is 3.94. The highest BCUT2D eigenvalue weighted by molar-refractivity contribution is 6.30. The van der Waals surface area contributed by atoms with Crippen molar-refractivity contribution in [3.8, 4) is 5.69 Å². The van der Waals surface area contributed by atoms with Crippen molar-refractivity contribution in [2.45, 2.75) is 27.7 Å². The Hall–Kier alpha value is -3.64. The van der Waals surface area contributed by atoms with Gasteiger partial charge in [-0.05, 0) is 87.4 Å². The van der Waals surface area contributed by atoms with E-state index in [0.29, 0.717) is 16.4 Å². The fourth-order valence-electron chi connectivity index (χ4n) is 4.36. The molecule has 0 fully saturated rings. The van der Waals surface area contributed by atoms with E-state index in [0.717, 1.165) is 28.2 Å². The standard InChI is InChI=1S/C27H24ClFN2O3/c1-15-6-7-20(28)14-24(15)30-16(2)12-19(17(30)3)13-23-25(27(33)34-5)18(4)31(26(23)32)22-10-8-21(29)9-11-22/h6-14H,1-5H3/b23-13-. The maximum absolute atomic E-state index is 13.5. The first-order valence-electron chi connectivity index (χ1n) is 10.7. The van der Waals surface area contributed by atoms with Crippen LogP contribution in [0.4, 0.5) is 10.1 Å². The summed E-state index contributed by atoms with van der Waals surface area (Å²) in [6.07, 6.45) is 1.71. The van der Waals surface area contributed by atoms with Crippen molar-refractivity contribution in [2.75, 3.05) is 12.0 Å². The maximum Gasteiger partial charge on any atom is 0.340 e. The summed E-state index contributed by atoms with van der Waals surface area (Å²) in [6.45, 7) is 7.60. The smallest absolute Gasteiger partial charge is 0.340 e. The minimum atomic E-state index is -0.610. The van der Waals surface area contributed by atoms with Crippen LogP contribution in [0.5, 0.6) is 0 Å². The summed E-state index contributed by atoms with van der Waals surface area (Å²) in [7, 11) is 1.28. The van der Waals surface area contributed by atoms with Gasteiger partial charge in [0.1, 0.15) is 5.82 Å². The van der Waals surface area contributed by atoms with E-state index in [1.165, 1.54) is 36.3 Å². The molecule has 5 nitrogen and oxygen atoms in total. The van der Waals surface area contributed by atoms with Gasteiger partial charge in [-0.3, -0.25) is 9.69 Å². The number of esters is 1. The highest BCUT2D eigenvalue weighted by atomic mass is 35.5. The molecule has 0 N–H and O–H groups in total. The molecule has 2 aromatic carbocycles. The van der Waals surface area contributed by atoms with Gasteiger partial charge in [0.05, 0.1) is 18.3 Å². The van der Waals surface area contributed by atoms with E-state index in [-0.39, 0.29) is 17.1 Å². The molecule has 0 atom stereocenters. The lowest BCUT2D eigenvalue weighted by atomic mass is 10.0. The van der Waals surface area contributed by atoms with Crippen LogP contribution in [0.2, 0.25) is 5.02 Å². The Morgan fingerprint density at radius 2 is 1.71 bits per heavy atom. The number of halogens is 2. The van der Waals surface area contributed by atoms with Gasteiger partial charge in [0, 0.05) is 33.5 Å². The highest BCUT2D eigenvalue weighted by Gasteiger charge is 2.38. The second-order valence-electron chi connectivity index (χ2n) is 8.22. The molecule has 0 unspecified atom stereocenters. The fourth-order valence-corrected chi connectivity index (χ4v) is 4.53. The molecule has 0 aliphatic carbocycles. The highest BCUT2D eigenvalue weighted by Crippen LogP contribution is 2.36. The predicted octanol–water partition coefficient (Wildman–Crippen LogP) is 6.07. The third-order valence-corrected chi connectivity index (χ3v) is 6.29. The van der Waals surface area contributed by atoms with Crippen molar-refractivity contribution in [1.82, 2.24) is 4.57 Å². The third-order valence-electron chi connectivity index (χ3n) is 6.06. The number of nitrogens with zero attached hydrogens (tertiary/aromatic N) is 2. The number of anilines is 1. The lowest BCUT2D eigenvalue weighted by molar-refractivity contribution is -0.136. The van der Waals surface area contributed by atoms with Crippen molar-refractivity contribution < 1.29 is 18.7 Å². The van der Waals surface area contributed by atoms with Crippen molar-refractivity contribution in [3.63, 3.8) is 0 Å². The van der Waals surface area contributed by atoms with E-state index in [1.54, 1.807) is 13.0 Å². The van der Waals surface area contributed by atoms with Gasteiger partial charge >= 0.3 is 5.97 Å². The normalized spacial score (nSPS) is 15.0. The molecule has 0 bridgehead atoms. The number of allylic oxidation sites excluding steroid dienone is 1. The largest absolute Gasteiger partial charge is 0.465 e. The Balaban J connectivity index is 1.86. The summed E-state index contributed by atoms with van der Waals surface area (Å²) in [5.74, 6) is -1.40. The van der Waals surface area contributed by atoms with Gasteiger partial charge in [0.15, 0.2) is 0 Å². The van der Waals surface area contributed by atoms with Crippen molar-refractivity contribution in [2.24, 2.45) is 0 Å². The number of carbonyl (C=O) groups excluding carboxylic acids is 2. The number of hydrogen-bond donors (Lipinski definition) is 0. The number of aryl methyl sites for hydroxylation is 2. The molecule has 0 radical (unpaired) electrons. The topological polar surface area (TPSA) is 51.5 Å².